The Morgan fingerprint density at radius 3 is 2.72 bits per heavy atom. The number of benzene rings is 2. The fourth-order valence-corrected chi connectivity index (χ4v) is 3.27. The maximum absolute atomic E-state index is 6.32. The number of nitrogens with zero attached hydrogens (tertiary/aromatic N) is 2. The number of hydrogen-bond donors (Lipinski definition) is 0. The number of aromatic nitrogens is 2. The first-order chi connectivity index (χ1) is 12.2. The quantitative estimate of drug-likeness (QED) is 0.515. The van der Waals surface area contributed by atoms with Gasteiger partial charge in [-0.3, -0.25) is 0 Å². The number of hydrogen-bond acceptors (Lipinski definition) is 2. The van der Waals surface area contributed by atoms with Crippen LogP contribution in [0, 0.1) is 0 Å². The first-order valence-corrected chi connectivity index (χ1v) is 9.05. The molecule has 1 heterocycles. The average Bonchev–Trinajstić information content (AvgIpc) is 3.15. The van der Waals surface area contributed by atoms with E-state index in [1.807, 2.05) is 55.1 Å². The van der Waals surface area contributed by atoms with E-state index >= 15 is 0 Å². The molecule has 0 spiro atoms. The lowest BCUT2D eigenvalue weighted by atomic mass is 10.0. The summed E-state index contributed by atoms with van der Waals surface area (Å²) in [6, 6.07) is 16.3. The molecule has 0 aliphatic rings. The van der Waals surface area contributed by atoms with Crippen molar-refractivity contribution < 1.29 is 4.74 Å². The zero-order chi connectivity index (χ0) is 17.6. The molecule has 2 aromatic carbocycles. The van der Waals surface area contributed by atoms with Crippen molar-refractivity contribution in [2.24, 2.45) is 0 Å². The Balaban J connectivity index is 1.90. The van der Waals surface area contributed by atoms with Gasteiger partial charge in [0.2, 0.25) is 0 Å². The molecule has 3 rings (SSSR count). The first-order valence-electron chi connectivity index (χ1n) is 8.67. The van der Waals surface area contributed by atoms with Gasteiger partial charge in [-0.25, -0.2) is 4.98 Å². The third kappa shape index (κ3) is 4.23. The highest BCUT2D eigenvalue weighted by Gasteiger charge is 2.18. The normalized spacial score (nSPS) is 13.4. The van der Waals surface area contributed by atoms with Gasteiger partial charge in [0.1, 0.15) is 11.9 Å². The Morgan fingerprint density at radius 1 is 1.16 bits per heavy atom. The van der Waals surface area contributed by atoms with Crippen molar-refractivity contribution in [1.82, 2.24) is 9.55 Å². The van der Waals surface area contributed by atoms with Crippen molar-refractivity contribution >= 4 is 11.6 Å². The van der Waals surface area contributed by atoms with Crippen LogP contribution in [0.15, 0.2) is 67.3 Å². The SMILES string of the molecule is CCCC(c1ccccc1OC(C)c1cccc(Cl)c1)n1ccnc1. The van der Waals surface area contributed by atoms with E-state index in [9.17, 15) is 0 Å². The van der Waals surface area contributed by atoms with Gasteiger partial charge in [0.15, 0.2) is 0 Å². The van der Waals surface area contributed by atoms with Crippen LogP contribution in [0.1, 0.15) is 50.0 Å². The summed E-state index contributed by atoms with van der Waals surface area (Å²) in [6.07, 6.45) is 7.74. The summed E-state index contributed by atoms with van der Waals surface area (Å²) in [5.41, 5.74) is 2.24. The van der Waals surface area contributed by atoms with Crippen molar-refractivity contribution in [1.29, 1.82) is 0 Å². The average molecular weight is 355 g/mol. The molecule has 0 N–H and O–H groups in total. The number of imidazole rings is 1. The summed E-state index contributed by atoms with van der Waals surface area (Å²) in [4.78, 5) is 4.21. The van der Waals surface area contributed by atoms with Gasteiger partial charge in [-0.15, -0.1) is 0 Å². The fraction of sp³-hybridized carbons (Fsp3) is 0.286. The molecular weight excluding hydrogens is 332 g/mol. The molecule has 25 heavy (non-hydrogen) atoms. The van der Waals surface area contributed by atoms with Crippen LogP contribution in [-0.4, -0.2) is 9.55 Å². The van der Waals surface area contributed by atoms with E-state index in [1.54, 1.807) is 0 Å². The summed E-state index contributed by atoms with van der Waals surface area (Å²) in [7, 11) is 0. The van der Waals surface area contributed by atoms with Gasteiger partial charge in [0, 0.05) is 23.0 Å². The zero-order valence-electron chi connectivity index (χ0n) is 14.6. The molecular formula is C21H23ClN2O. The number of ether oxygens (including phenoxy) is 1. The van der Waals surface area contributed by atoms with Crippen LogP contribution in [0.2, 0.25) is 5.02 Å². The minimum absolute atomic E-state index is 0.0788. The van der Waals surface area contributed by atoms with Crippen LogP contribution in [0.25, 0.3) is 0 Å². The third-order valence-electron chi connectivity index (χ3n) is 4.35. The first kappa shape index (κ1) is 17.6. The summed E-state index contributed by atoms with van der Waals surface area (Å²) in [6.45, 7) is 4.25. The van der Waals surface area contributed by atoms with Gasteiger partial charge in [-0.2, -0.15) is 0 Å². The van der Waals surface area contributed by atoms with Crippen molar-refractivity contribution in [3.8, 4) is 5.75 Å². The maximum atomic E-state index is 6.32. The molecule has 0 saturated carbocycles. The Labute approximate surface area is 154 Å². The molecule has 4 heteroatoms. The summed E-state index contributed by atoms with van der Waals surface area (Å²) < 4.78 is 8.47. The molecule has 0 aliphatic heterocycles. The molecule has 3 nitrogen and oxygen atoms in total. The van der Waals surface area contributed by atoms with E-state index in [4.69, 9.17) is 16.3 Å². The van der Waals surface area contributed by atoms with E-state index in [0.717, 1.165) is 29.2 Å². The summed E-state index contributed by atoms with van der Waals surface area (Å²) in [5.74, 6) is 0.905. The molecule has 0 radical (unpaired) electrons. The predicted molar refractivity (Wildman–Crippen MR) is 102 cm³/mol. The standard InChI is InChI=1S/C21H23ClN2O/c1-3-7-20(24-13-12-23-15-24)19-10-4-5-11-21(19)25-16(2)17-8-6-9-18(22)14-17/h4-6,8-16,20H,3,7H2,1-2H3. The number of halogens is 1. The smallest absolute Gasteiger partial charge is 0.125 e. The molecule has 0 saturated heterocycles. The number of rotatable bonds is 7. The molecule has 0 aliphatic carbocycles. The molecule has 0 bridgehead atoms. The zero-order valence-corrected chi connectivity index (χ0v) is 15.4. The van der Waals surface area contributed by atoms with Crippen LogP contribution in [0.5, 0.6) is 5.75 Å². The van der Waals surface area contributed by atoms with E-state index in [0.29, 0.717) is 0 Å². The molecule has 3 aromatic rings. The van der Waals surface area contributed by atoms with Gasteiger partial charge in [0.05, 0.1) is 12.4 Å². The van der Waals surface area contributed by atoms with Gasteiger partial charge in [-0.05, 0) is 37.1 Å². The Morgan fingerprint density at radius 2 is 2.00 bits per heavy atom. The largest absolute Gasteiger partial charge is 0.486 e. The summed E-state index contributed by atoms with van der Waals surface area (Å²) >= 11 is 6.12. The van der Waals surface area contributed by atoms with Crippen LogP contribution < -0.4 is 4.74 Å². The second kappa shape index (κ2) is 8.21. The van der Waals surface area contributed by atoms with E-state index in [-0.39, 0.29) is 12.1 Å². The topological polar surface area (TPSA) is 27.1 Å². The van der Waals surface area contributed by atoms with E-state index < -0.39 is 0 Å². The van der Waals surface area contributed by atoms with Crippen molar-refractivity contribution in [2.45, 2.75) is 38.8 Å². The minimum atomic E-state index is -0.0788. The Bertz CT molecular complexity index is 801. The lowest BCUT2D eigenvalue weighted by Gasteiger charge is -2.24. The van der Waals surface area contributed by atoms with Crippen LogP contribution >= 0.6 is 11.6 Å². The summed E-state index contributed by atoms with van der Waals surface area (Å²) in [5, 5.41) is 0.725. The van der Waals surface area contributed by atoms with Crippen LogP contribution in [0.3, 0.4) is 0 Å². The van der Waals surface area contributed by atoms with E-state index in [2.05, 4.69) is 35.5 Å². The molecule has 2 atom stereocenters. The Hall–Kier alpha value is -2.26. The highest BCUT2D eigenvalue weighted by atomic mass is 35.5. The maximum Gasteiger partial charge on any atom is 0.125 e. The van der Waals surface area contributed by atoms with Gasteiger partial charge >= 0.3 is 0 Å². The fourth-order valence-electron chi connectivity index (χ4n) is 3.07. The van der Waals surface area contributed by atoms with E-state index in [1.165, 1.54) is 5.56 Å². The molecule has 0 amide bonds. The molecule has 130 valence electrons. The molecule has 1 aromatic heterocycles. The van der Waals surface area contributed by atoms with Crippen LogP contribution in [0.4, 0.5) is 0 Å². The van der Waals surface area contributed by atoms with Gasteiger partial charge in [0.25, 0.3) is 0 Å². The monoisotopic (exact) mass is 354 g/mol. The Kier molecular flexibility index (Phi) is 5.77. The van der Waals surface area contributed by atoms with Crippen molar-refractivity contribution in [2.75, 3.05) is 0 Å². The minimum Gasteiger partial charge on any atom is -0.486 e. The van der Waals surface area contributed by atoms with Gasteiger partial charge < -0.3 is 9.30 Å². The van der Waals surface area contributed by atoms with Crippen molar-refractivity contribution in [3.63, 3.8) is 0 Å². The highest BCUT2D eigenvalue weighted by Crippen LogP contribution is 2.34. The van der Waals surface area contributed by atoms with Gasteiger partial charge in [-0.1, -0.05) is 55.3 Å². The number of para-hydroxylation sites is 1. The molecule has 2 unspecified atom stereocenters. The second-order valence-electron chi connectivity index (χ2n) is 6.17. The third-order valence-corrected chi connectivity index (χ3v) is 4.58. The van der Waals surface area contributed by atoms with Crippen LogP contribution in [-0.2, 0) is 0 Å². The molecule has 0 fully saturated rings. The lowest BCUT2D eigenvalue weighted by Crippen LogP contribution is -2.12. The van der Waals surface area contributed by atoms with Crippen molar-refractivity contribution in [3.05, 3.63) is 83.4 Å². The predicted octanol–water partition coefficient (Wildman–Crippen LogP) is 6.07. The highest BCUT2D eigenvalue weighted by molar-refractivity contribution is 6.30. The lowest BCUT2D eigenvalue weighted by molar-refractivity contribution is 0.222. The second-order valence-corrected chi connectivity index (χ2v) is 6.60.